The summed E-state index contributed by atoms with van der Waals surface area (Å²) in [6.07, 6.45) is 3.12. The van der Waals surface area contributed by atoms with Gasteiger partial charge in [0.25, 0.3) is 11.8 Å². The summed E-state index contributed by atoms with van der Waals surface area (Å²) in [5.41, 5.74) is 3.62. The molecule has 2 N–H and O–H groups in total. The van der Waals surface area contributed by atoms with Crippen molar-refractivity contribution in [2.45, 2.75) is 6.92 Å². The fraction of sp³-hybridized carbons (Fsp3) is 0.0870. The van der Waals surface area contributed by atoms with E-state index in [4.69, 9.17) is 9.47 Å². The average Bonchev–Trinajstić information content (AvgIpc) is 3.42. The summed E-state index contributed by atoms with van der Waals surface area (Å²) in [5, 5.41) is 6.67. The van der Waals surface area contributed by atoms with Crippen molar-refractivity contribution in [2.75, 3.05) is 6.79 Å². The number of ether oxygens (including phenoxy) is 2. The number of benzene rings is 2. The van der Waals surface area contributed by atoms with E-state index in [9.17, 15) is 9.59 Å². The van der Waals surface area contributed by atoms with Crippen molar-refractivity contribution in [3.05, 3.63) is 87.2 Å². The highest BCUT2D eigenvalue weighted by atomic mass is 32.1. The van der Waals surface area contributed by atoms with Gasteiger partial charge in [0, 0.05) is 15.3 Å². The Bertz CT molecular complexity index is 1170. The lowest BCUT2D eigenvalue weighted by atomic mass is 10.1. The van der Waals surface area contributed by atoms with Gasteiger partial charge in [0.2, 0.25) is 6.79 Å². The van der Waals surface area contributed by atoms with Gasteiger partial charge >= 0.3 is 0 Å². The van der Waals surface area contributed by atoms with E-state index < -0.39 is 11.8 Å². The predicted octanol–water partition coefficient (Wildman–Crippen LogP) is 3.71. The van der Waals surface area contributed by atoms with Crippen LogP contribution in [0.4, 0.5) is 0 Å². The standard InChI is InChI=1S/C23H19N3O4S/c1-15-7-9-18(31-15)13-24-26-23(28)19(25-22(27)17-5-3-2-4-6-17)11-16-8-10-20-21(12-16)30-14-29-20/h2-13H,14H2,1H3,(H,25,27)(H,26,28)/b19-11+,24-13+. The van der Waals surface area contributed by atoms with E-state index in [2.05, 4.69) is 15.8 Å². The number of hydrogen-bond donors (Lipinski definition) is 2. The molecule has 1 aliphatic rings. The smallest absolute Gasteiger partial charge is 0.287 e. The van der Waals surface area contributed by atoms with Crippen LogP contribution in [0.1, 0.15) is 25.7 Å². The first-order valence-electron chi connectivity index (χ1n) is 9.46. The number of rotatable bonds is 6. The highest BCUT2D eigenvalue weighted by Crippen LogP contribution is 2.33. The van der Waals surface area contributed by atoms with Gasteiger partial charge in [-0.25, -0.2) is 5.43 Å². The summed E-state index contributed by atoms with van der Waals surface area (Å²) in [7, 11) is 0. The third kappa shape index (κ3) is 5.18. The minimum Gasteiger partial charge on any atom is -0.454 e. The van der Waals surface area contributed by atoms with Crippen LogP contribution in [-0.4, -0.2) is 24.8 Å². The molecular weight excluding hydrogens is 414 g/mol. The summed E-state index contributed by atoms with van der Waals surface area (Å²) in [6, 6.07) is 17.8. The van der Waals surface area contributed by atoms with E-state index in [0.717, 1.165) is 9.75 Å². The maximum absolute atomic E-state index is 12.8. The van der Waals surface area contributed by atoms with Gasteiger partial charge < -0.3 is 14.8 Å². The number of nitrogens with one attached hydrogen (secondary N) is 2. The fourth-order valence-electron chi connectivity index (χ4n) is 2.85. The summed E-state index contributed by atoms with van der Waals surface area (Å²) < 4.78 is 10.7. The molecule has 0 saturated heterocycles. The van der Waals surface area contributed by atoms with Crippen LogP contribution in [0.2, 0.25) is 0 Å². The van der Waals surface area contributed by atoms with Gasteiger partial charge in [0.1, 0.15) is 5.70 Å². The second-order valence-corrected chi connectivity index (χ2v) is 7.96. The molecule has 1 aliphatic heterocycles. The molecule has 0 atom stereocenters. The van der Waals surface area contributed by atoms with Crippen molar-refractivity contribution in [1.82, 2.24) is 10.7 Å². The SMILES string of the molecule is Cc1ccc(/C=N/NC(=O)/C(=C\c2ccc3c(c2)OCO3)NC(=O)c2ccccc2)s1. The minimum atomic E-state index is -0.550. The Morgan fingerprint density at radius 3 is 2.61 bits per heavy atom. The van der Waals surface area contributed by atoms with Crippen LogP contribution >= 0.6 is 11.3 Å². The molecule has 0 spiro atoms. The molecule has 0 unspecified atom stereocenters. The molecule has 2 amide bonds. The van der Waals surface area contributed by atoms with E-state index in [0.29, 0.717) is 22.6 Å². The molecule has 2 aromatic carbocycles. The molecule has 4 rings (SSSR count). The number of hydrogen-bond acceptors (Lipinski definition) is 6. The number of aryl methyl sites for hydroxylation is 1. The number of carbonyl (C=O) groups is 2. The van der Waals surface area contributed by atoms with Crippen molar-refractivity contribution < 1.29 is 19.1 Å². The van der Waals surface area contributed by atoms with Crippen LogP contribution in [0.15, 0.2) is 71.5 Å². The predicted molar refractivity (Wildman–Crippen MR) is 119 cm³/mol. The first-order chi connectivity index (χ1) is 15.1. The van der Waals surface area contributed by atoms with Crippen LogP contribution in [0.5, 0.6) is 11.5 Å². The molecule has 0 bridgehead atoms. The molecule has 31 heavy (non-hydrogen) atoms. The number of amides is 2. The fourth-order valence-corrected chi connectivity index (χ4v) is 3.60. The Labute approximate surface area is 183 Å². The average molecular weight is 433 g/mol. The third-order valence-electron chi connectivity index (χ3n) is 4.36. The van der Waals surface area contributed by atoms with Gasteiger partial charge in [0.15, 0.2) is 11.5 Å². The van der Waals surface area contributed by atoms with Gasteiger partial charge in [-0.15, -0.1) is 11.3 Å². The molecule has 0 saturated carbocycles. The van der Waals surface area contributed by atoms with Crippen LogP contribution in [0, 0.1) is 6.92 Å². The third-order valence-corrected chi connectivity index (χ3v) is 5.29. The van der Waals surface area contributed by atoms with Crippen LogP contribution in [-0.2, 0) is 4.79 Å². The summed E-state index contributed by atoms with van der Waals surface area (Å²) in [4.78, 5) is 27.5. The largest absolute Gasteiger partial charge is 0.454 e. The number of carbonyl (C=O) groups excluding carboxylic acids is 2. The number of hydrazone groups is 1. The Balaban J connectivity index is 1.56. The second kappa shape index (κ2) is 9.27. The number of nitrogens with zero attached hydrogens (tertiary/aromatic N) is 1. The van der Waals surface area contributed by atoms with Gasteiger partial charge in [-0.05, 0) is 55.0 Å². The monoisotopic (exact) mass is 433 g/mol. The number of fused-ring (bicyclic) bond motifs is 1. The van der Waals surface area contributed by atoms with Crippen molar-refractivity contribution in [2.24, 2.45) is 5.10 Å². The Morgan fingerprint density at radius 1 is 1.03 bits per heavy atom. The Morgan fingerprint density at radius 2 is 1.84 bits per heavy atom. The van der Waals surface area contributed by atoms with E-state index >= 15 is 0 Å². The minimum absolute atomic E-state index is 0.0484. The second-order valence-electron chi connectivity index (χ2n) is 6.64. The van der Waals surface area contributed by atoms with Gasteiger partial charge in [-0.1, -0.05) is 24.3 Å². The van der Waals surface area contributed by atoms with Crippen LogP contribution in [0.3, 0.4) is 0 Å². The molecule has 7 nitrogen and oxygen atoms in total. The zero-order valence-corrected chi connectivity index (χ0v) is 17.4. The molecule has 8 heteroatoms. The van der Waals surface area contributed by atoms with Gasteiger partial charge in [0.05, 0.1) is 6.21 Å². The van der Waals surface area contributed by atoms with Crippen LogP contribution in [0.25, 0.3) is 6.08 Å². The quantitative estimate of drug-likeness (QED) is 0.352. The highest BCUT2D eigenvalue weighted by molar-refractivity contribution is 7.13. The summed E-state index contributed by atoms with van der Waals surface area (Å²) >= 11 is 1.56. The van der Waals surface area contributed by atoms with Gasteiger partial charge in [-0.3, -0.25) is 9.59 Å². The van der Waals surface area contributed by atoms with Crippen molar-refractivity contribution >= 4 is 35.4 Å². The zero-order valence-electron chi connectivity index (χ0n) is 16.6. The molecule has 3 aromatic rings. The molecule has 0 fully saturated rings. The normalized spacial score (nSPS) is 12.7. The lowest BCUT2D eigenvalue weighted by molar-refractivity contribution is -0.117. The first-order valence-corrected chi connectivity index (χ1v) is 10.3. The Hall–Kier alpha value is -3.91. The maximum atomic E-state index is 12.8. The van der Waals surface area contributed by atoms with Crippen molar-refractivity contribution in [3.8, 4) is 11.5 Å². The molecule has 156 valence electrons. The number of thiophene rings is 1. The molecular formula is C23H19N3O4S. The van der Waals surface area contributed by atoms with Crippen molar-refractivity contribution in [3.63, 3.8) is 0 Å². The topological polar surface area (TPSA) is 89.0 Å². The molecule has 1 aromatic heterocycles. The maximum Gasteiger partial charge on any atom is 0.287 e. The van der Waals surface area contributed by atoms with Crippen LogP contribution < -0.4 is 20.2 Å². The Kier molecular flexibility index (Phi) is 6.09. The van der Waals surface area contributed by atoms with E-state index in [1.807, 2.05) is 25.1 Å². The van der Waals surface area contributed by atoms with Gasteiger partial charge in [-0.2, -0.15) is 5.10 Å². The molecule has 0 radical (unpaired) electrons. The van der Waals surface area contributed by atoms with E-state index in [-0.39, 0.29) is 12.5 Å². The zero-order chi connectivity index (χ0) is 21.6. The van der Waals surface area contributed by atoms with Crippen molar-refractivity contribution in [1.29, 1.82) is 0 Å². The lowest BCUT2D eigenvalue weighted by Crippen LogP contribution is -2.32. The summed E-state index contributed by atoms with van der Waals surface area (Å²) in [6.45, 7) is 2.14. The summed E-state index contributed by atoms with van der Waals surface area (Å²) in [5.74, 6) is 0.258. The highest BCUT2D eigenvalue weighted by Gasteiger charge is 2.16. The molecule has 2 heterocycles. The van der Waals surface area contributed by atoms with E-state index in [1.54, 1.807) is 66.1 Å². The lowest BCUT2D eigenvalue weighted by Gasteiger charge is -2.09. The first kappa shape index (κ1) is 20.4. The van der Waals surface area contributed by atoms with E-state index in [1.165, 1.54) is 0 Å². The molecule has 0 aliphatic carbocycles.